The molecule has 0 saturated heterocycles. The van der Waals surface area contributed by atoms with Crippen LogP contribution in [0.15, 0.2) is 71.6 Å². The van der Waals surface area contributed by atoms with Crippen LogP contribution in [-0.4, -0.2) is 22.4 Å². The zero-order valence-corrected chi connectivity index (χ0v) is 16.5. The first-order chi connectivity index (χ1) is 14.1. The molecule has 6 heteroatoms. The van der Waals surface area contributed by atoms with Crippen LogP contribution in [0.2, 0.25) is 0 Å². The number of carbonyl (C=O) groups excluding carboxylic acids is 1. The number of nitrogens with one attached hydrogen (secondary N) is 1. The van der Waals surface area contributed by atoms with Crippen molar-refractivity contribution in [1.82, 2.24) is 14.7 Å². The first-order valence-electron chi connectivity index (χ1n) is 9.50. The summed E-state index contributed by atoms with van der Waals surface area (Å²) in [5.74, 6) is 1.26. The third-order valence-electron chi connectivity index (χ3n) is 4.98. The van der Waals surface area contributed by atoms with Crippen molar-refractivity contribution in [3.63, 3.8) is 0 Å². The van der Waals surface area contributed by atoms with Gasteiger partial charge in [-0.15, -0.1) is 0 Å². The number of benzene rings is 1. The number of hydrogen-bond acceptors (Lipinski definition) is 4. The monoisotopic (exact) mass is 389 g/mol. The lowest BCUT2D eigenvalue weighted by molar-refractivity contribution is -0.121. The van der Waals surface area contributed by atoms with E-state index in [1.54, 1.807) is 19.4 Å². The lowest BCUT2D eigenvalue weighted by Gasteiger charge is -2.18. The SMILES string of the molecule is COc1cccc(C(CC(=O)NCc2ccco2)c2cnc3cc(C)ccn23)c1. The van der Waals surface area contributed by atoms with Gasteiger partial charge in [0.15, 0.2) is 0 Å². The molecular formula is C23H23N3O3. The van der Waals surface area contributed by atoms with Crippen molar-refractivity contribution in [1.29, 1.82) is 0 Å². The molecule has 4 aromatic rings. The molecule has 3 aromatic heterocycles. The van der Waals surface area contributed by atoms with Gasteiger partial charge in [0.1, 0.15) is 17.2 Å². The quantitative estimate of drug-likeness (QED) is 0.517. The minimum atomic E-state index is -0.167. The average molecular weight is 389 g/mol. The van der Waals surface area contributed by atoms with Crippen LogP contribution in [0.1, 0.15) is 34.9 Å². The van der Waals surface area contributed by atoms with Gasteiger partial charge in [-0.25, -0.2) is 4.98 Å². The van der Waals surface area contributed by atoms with Gasteiger partial charge in [0, 0.05) is 24.7 Å². The lowest BCUT2D eigenvalue weighted by Crippen LogP contribution is -2.25. The van der Waals surface area contributed by atoms with Crippen LogP contribution < -0.4 is 10.1 Å². The molecule has 3 heterocycles. The standard InChI is InChI=1S/C23H23N3O3/c1-16-8-9-26-21(15-24-22(26)11-16)20(17-5-3-6-18(12-17)28-2)13-23(27)25-14-19-7-4-10-29-19/h3-12,15,20H,13-14H2,1-2H3,(H,25,27). The van der Waals surface area contributed by atoms with Crippen LogP contribution in [0.3, 0.4) is 0 Å². The topological polar surface area (TPSA) is 68.8 Å². The van der Waals surface area contributed by atoms with E-state index in [0.717, 1.165) is 34.0 Å². The minimum absolute atomic E-state index is 0.0590. The van der Waals surface area contributed by atoms with Gasteiger partial charge in [-0.1, -0.05) is 12.1 Å². The second-order valence-corrected chi connectivity index (χ2v) is 7.00. The summed E-state index contributed by atoms with van der Waals surface area (Å²) in [5, 5.41) is 2.94. The van der Waals surface area contributed by atoms with E-state index in [4.69, 9.17) is 9.15 Å². The number of nitrogens with zero attached hydrogens (tertiary/aromatic N) is 2. The molecule has 29 heavy (non-hydrogen) atoms. The molecule has 0 aliphatic carbocycles. The van der Waals surface area contributed by atoms with E-state index in [1.807, 2.05) is 66.2 Å². The zero-order chi connectivity index (χ0) is 20.2. The Morgan fingerprint density at radius 2 is 2.14 bits per heavy atom. The fourth-order valence-corrected chi connectivity index (χ4v) is 3.47. The van der Waals surface area contributed by atoms with E-state index in [-0.39, 0.29) is 18.2 Å². The number of rotatable bonds is 7. The number of aryl methyl sites for hydroxylation is 1. The Hall–Kier alpha value is -3.54. The van der Waals surface area contributed by atoms with Gasteiger partial charge >= 0.3 is 0 Å². The van der Waals surface area contributed by atoms with Crippen LogP contribution in [0.25, 0.3) is 5.65 Å². The van der Waals surface area contributed by atoms with Crippen molar-refractivity contribution in [3.8, 4) is 5.75 Å². The Morgan fingerprint density at radius 1 is 1.24 bits per heavy atom. The third-order valence-corrected chi connectivity index (χ3v) is 4.98. The van der Waals surface area contributed by atoms with Crippen molar-refractivity contribution in [2.24, 2.45) is 0 Å². The van der Waals surface area contributed by atoms with Gasteiger partial charge in [0.2, 0.25) is 5.91 Å². The average Bonchev–Trinajstić information content (AvgIpc) is 3.40. The summed E-state index contributed by atoms with van der Waals surface area (Å²) in [6.07, 6.45) is 5.73. The zero-order valence-electron chi connectivity index (χ0n) is 16.5. The van der Waals surface area contributed by atoms with Crippen LogP contribution in [0, 0.1) is 6.92 Å². The van der Waals surface area contributed by atoms with E-state index in [9.17, 15) is 4.79 Å². The molecule has 0 saturated carbocycles. The molecular weight excluding hydrogens is 366 g/mol. The van der Waals surface area contributed by atoms with E-state index < -0.39 is 0 Å². The number of ether oxygens (including phenoxy) is 1. The summed E-state index contributed by atoms with van der Waals surface area (Å²) < 4.78 is 12.7. The molecule has 1 atom stereocenters. The predicted octanol–water partition coefficient (Wildman–Crippen LogP) is 4.08. The fraction of sp³-hybridized carbons (Fsp3) is 0.217. The maximum absolute atomic E-state index is 12.7. The molecule has 0 bridgehead atoms. The van der Waals surface area contributed by atoms with Crippen molar-refractivity contribution >= 4 is 11.6 Å². The molecule has 1 aromatic carbocycles. The maximum atomic E-state index is 12.7. The minimum Gasteiger partial charge on any atom is -0.497 e. The smallest absolute Gasteiger partial charge is 0.221 e. The van der Waals surface area contributed by atoms with Crippen molar-refractivity contribution < 1.29 is 13.9 Å². The third kappa shape index (κ3) is 4.16. The number of hydrogen-bond donors (Lipinski definition) is 1. The Morgan fingerprint density at radius 3 is 2.93 bits per heavy atom. The van der Waals surface area contributed by atoms with Gasteiger partial charge in [-0.2, -0.15) is 0 Å². The fourth-order valence-electron chi connectivity index (χ4n) is 3.47. The van der Waals surface area contributed by atoms with Gasteiger partial charge in [-0.05, 0) is 54.4 Å². The molecule has 1 N–H and O–H groups in total. The highest BCUT2D eigenvalue weighted by Crippen LogP contribution is 2.31. The normalized spacial score (nSPS) is 12.1. The van der Waals surface area contributed by atoms with Gasteiger partial charge < -0.3 is 18.9 Å². The van der Waals surface area contributed by atoms with Crippen molar-refractivity contribution in [2.75, 3.05) is 7.11 Å². The van der Waals surface area contributed by atoms with Crippen LogP contribution in [0.5, 0.6) is 5.75 Å². The second kappa shape index (κ2) is 8.22. The molecule has 1 unspecified atom stereocenters. The molecule has 4 rings (SSSR count). The second-order valence-electron chi connectivity index (χ2n) is 7.00. The van der Waals surface area contributed by atoms with Gasteiger partial charge in [-0.3, -0.25) is 4.79 Å². The largest absolute Gasteiger partial charge is 0.497 e. The number of imidazole rings is 1. The number of furan rings is 1. The van der Waals surface area contributed by atoms with Gasteiger partial charge in [0.05, 0.1) is 25.6 Å². The summed E-state index contributed by atoms with van der Waals surface area (Å²) in [4.78, 5) is 17.3. The highest BCUT2D eigenvalue weighted by molar-refractivity contribution is 5.77. The maximum Gasteiger partial charge on any atom is 0.221 e. The number of amides is 1. The van der Waals surface area contributed by atoms with E-state index in [1.165, 1.54) is 0 Å². The molecule has 0 aliphatic heterocycles. The highest BCUT2D eigenvalue weighted by Gasteiger charge is 2.22. The first-order valence-corrected chi connectivity index (χ1v) is 9.50. The van der Waals surface area contributed by atoms with Crippen molar-refractivity contribution in [3.05, 3.63) is 89.8 Å². The molecule has 0 spiro atoms. The summed E-state index contributed by atoms with van der Waals surface area (Å²) in [6, 6.07) is 15.5. The Labute approximate surface area is 169 Å². The van der Waals surface area contributed by atoms with Gasteiger partial charge in [0.25, 0.3) is 0 Å². The Bertz CT molecular complexity index is 1120. The molecule has 6 nitrogen and oxygen atoms in total. The summed E-state index contributed by atoms with van der Waals surface area (Å²) >= 11 is 0. The summed E-state index contributed by atoms with van der Waals surface area (Å²) in [5.41, 5.74) is 3.97. The number of aromatic nitrogens is 2. The first kappa shape index (κ1) is 18.8. The summed E-state index contributed by atoms with van der Waals surface area (Å²) in [7, 11) is 1.64. The molecule has 0 fully saturated rings. The Balaban J connectivity index is 1.65. The van der Waals surface area contributed by atoms with E-state index in [2.05, 4.69) is 10.3 Å². The number of carbonyl (C=O) groups is 1. The predicted molar refractivity (Wildman–Crippen MR) is 110 cm³/mol. The van der Waals surface area contributed by atoms with Crippen LogP contribution in [-0.2, 0) is 11.3 Å². The summed E-state index contributed by atoms with van der Waals surface area (Å²) in [6.45, 7) is 2.40. The lowest BCUT2D eigenvalue weighted by atomic mass is 9.92. The molecule has 0 radical (unpaired) electrons. The van der Waals surface area contributed by atoms with Crippen LogP contribution in [0.4, 0.5) is 0 Å². The molecule has 0 aliphatic rings. The van der Waals surface area contributed by atoms with E-state index >= 15 is 0 Å². The number of pyridine rings is 1. The van der Waals surface area contributed by atoms with E-state index in [0.29, 0.717) is 6.54 Å². The molecule has 148 valence electrons. The number of methoxy groups -OCH3 is 1. The van der Waals surface area contributed by atoms with Crippen molar-refractivity contribution in [2.45, 2.75) is 25.8 Å². The number of fused-ring (bicyclic) bond motifs is 1. The molecule has 1 amide bonds. The Kier molecular flexibility index (Phi) is 5.33. The van der Waals surface area contributed by atoms with Crippen LogP contribution >= 0.6 is 0 Å². The highest BCUT2D eigenvalue weighted by atomic mass is 16.5.